The quantitative estimate of drug-likeness (QED) is 0.472. The van der Waals surface area contributed by atoms with Gasteiger partial charge < -0.3 is 15.4 Å². The third kappa shape index (κ3) is 4.37. The van der Waals surface area contributed by atoms with Crippen LogP contribution in [0.15, 0.2) is 65.1 Å². The van der Waals surface area contributed by atoms with Crippen LogP contribution >= 0.6 is 15.9 Å². The second-order valence-corrected chi connectivity index (χ2v) is 6.45. The van der Waals surface area contributed by atoms with Crippen molar-refractivity contribution in [3.8, 4) is 0 Å². The fourth-order valence-electron chi connectivity index (χ4n) is 2.36. The van der Waals surface area contributed by atoms with Gasteiger partial charge in [0.1, 0.15) is 12.1 Å². The molecular weight excluding hydrogens is 396 g/mol. The van der Waals surface area contributed by atoms with Gasteiger partial charge in [0.05, 0.1) is 18.4 Å². The van der Waals surface area contributed by atoms with Crippen LogP contribution in [0.1, 0.15) is 6.92 Å². The van der Waals surface area contributed by atoms with Gasteiger partial charge in [-0.05, 0) is 43.3 Å². The van der Waals surface area contributed by atoms with Gasteiger partial charge in [-0.15, -0.1) is 0 Å². The summed E-state index contributed by atoms with van der Waals surface area (Å²) in [5.74, 6) is 0.929. The first kappa shape index (κ1) is 17.9. The minimum atomic E-state index is -0.262. The molecule has 132 valence electrons. The number of carbonyl (C=O) groups is 1. The van der Waals surface area contributed by atoms with Crippen LogP contribution in [0.4, 0.5) is 17.2 Å². The van der Waals surface area contributed by atoms with E-state index in [9.17, 15) is 4.79 Å². The second-order valence-electron chi connectivity index (χ2n) is 5.54. The van der Waals surface area contributed by atoms with Gasteiger partial charge in [-0.3, -0.25) is 4.79 Å². The summed E-state index contributed by atoms with van der Waals surface area (Å²) in [4.78, 5) is 20.6. The number of methoxy groups -OCH3 is 1. The summed E-state index contributed by atoms with van der Waals surface area (Å²) in [6.07, 6.45) is 2.90. The molecule has 0 bridgehead atoms. The number of allylic oxidation sites excluding steroid dienone is 1. The maximum Gasteiger partial charge on any atom is 0.251 e. The Labute approximate surface area is 159 Å². The van der Waals surface area contributed by atoms with E-state index in [1.807, 2.05) is 36.4 Å². The standard InChI is InChI=1S/C19H17BrN4O2/c1-12(26-2)8-18(25)23-15-6-7-17-16(10-15)19(22-11-21-17)24-14-5-3-4-13(20)9-14/h3-11H,1-2H3,(H,23,25)(H,21,22,24)/b12-8+. The Hall–Kier alpha value is -2.93. The smallest absolute Gasteiger partial charge is 0.251 e. The molecule has 1 heterocycles. The van der Waals surface area contributed by atoms with Crippen molar-refractivity contribution in [2.24, 2.45) is 0 Å². The number of carbonyl (C=O) groups excluding carboxylic acids is 1. The number of nitrogens with one attached hydrogen (secondary N) is 2. The van der Waals surface area contributed by atoms with Crippen molar-refractivity contribution in [1.29, 1.82) is 0 Å². The lowest BCUT2D eigenvalue weighted by Gasteiger charge is -2.10. The summed E-state index contributed by atoms with van der Waals surface area (Å²) in [6.45, 7) is 1.72. The molecule has 3 aromatic rings. The van der Waals surface area contributed by atoms with Crippen molar-refractivity contribution < 1.29 is 9.53 Å². The highest BCUT2D eigenvalue weighted by atomic mass is 79.9. The molecule has 3 rings (SSSR count). The molecule has 1 aromatic heterocycles. The van der Waals surface area contributed by atoms with E-state index in [0.29, 0.717) is 17.3 Å². The lowest BCUT2D eigenvalue weighted by Crippen LogP contribution is -2.09. The van der Waals surface area contributed by atoms with Gasteiger partial charge in [0.25, 0.3) is 5.91 Å². The number of aromatic nitrogens is 2. The summed E-state index contributed by atoms with van der Waals surface area (Å²) in [5, 5.41) is 6.90. The fraction of sp³-hybridized carbons (Fsp3) is 0.105. The Morgan fingerprint density at radius 3 is 2.77 bits per heavy atom. The second kappa shape index (κ2) is 7.97. The number of amides is 1. The van der Waals surface area contributed by atoms with E-state index in [1.54, 1.807) is 13.0 Å². The van der Waals surface area contributed by atoms with Crippen LogP contribution < -0.4 is 10.6 Å². The molecule has 0 fully saturated rings. The Kier molecular flexibility index (Phi) is 5.48. The number of ether oxygens (including phenoxy) is 1. The first-order chi connectivity index (χ1) is 12.5. The van der Waals surface area contributed by atoms with Crippen LogP contribution in [0, 0.1) is 0 Å². The number of hydrogen-bond donors (Lipinski definition) is 2. The SMILES string of the molecule is CO/C(C)=C/C(=O)Nc1ccc2ncnc(Nc3cccc(Br)c3)c2c1. The minimum Gasteiger partial charge on any atom is -0.501 e. The van der Waals surface area contributed by atoms with Crippen LogP contribution in [0.3, 0.4) is 0 Å². The molecule has 0 aliphatic heterocycles. The predicted molar refractivity (Wildman–Crippen MR) is 106 cm³/mol. The van der Waals surface area contributed by atoms with E-state index in [0.717, 1.165) is 21.1 Å². The zero-order chi connectivity index (χ0) is 18.5. The molecule has 0 aliphatic carbocycles. The van der Waals surface area contributed by atoms with Crippen LogP contribution in [0.2, 0.25) is 0 Å². The largest absolute Gasteiger partial charge is 0.501 e. The van der Waals surface area contributed by atoms with E-state index in [4.69, 9.17) is 4.74 Å². The van der Waals surface area contributed by atoms with Gasteiger partial charge >= 0.3 is 0 Å². The van der Waals surface area contributed by atoms with Crippen molar-refractivity contribution in [3.05, 3.63) is 65.1 Å². The molecule has 0 aliphatic rings. The van der Waals surface area contributed by atoms with Gasteiger partial charge in [-0.1, -0.05) is 22.0 Å². The van der Waals surface area contributed by atoms with Crippen molar-refractivity contribution in [1.82, 2.24) is 9.97 Å². The first-order valence-electron chi connectivity index (χ1n) is 7.86. The number of anilines is 3. The average molecular weight is 413 g/mol. The molecule has 0 saturated carbocycles. The molecule has 0 atom stereocenters. The summed E-state index contributed by atoms with van der Waals surface area (Å²) >= 11 is 3.45. The lowest BCUT2D eigenvalue weighted by atomic mass is 10.2. The van der Waals surface area contributed by atoms with Crippen LogP contribution in [0.25, 0.3) is 10.9 Å². The van der Waals surface area contributed by atoms with E-state index >= 15 is 0 Å². The monoisotopic (exact) mass is 412 g/mol. The third-order valence-electron chi connectivity index (χ3n) is 3.65. The Bertz CT molecular complexity index is 988. The maximum atomic E-state index is 12.0. The zero-order valence-electron chi connectivity index (χ0n) is 14.3. The molecule has 0 unspecified atom stereocenters. The maximum absolute atomic E-state index is 12.0. The van der Waals surface area contributed by atoms with Crippen LogP contribution in [-0.2, 0) is 9.53 Å². The molecule has 0 spiro atoms. The van der Waals surface area contributed by atoms with Gasteiger partial charge in [0, 0.05) is 27.3 Å². The van der Waals surface area contributed by atoms with E-state index in [-0.39, 0.29) is 5.91 Å². The average Bonchev–Trinajstić information content (AvgIpc) is 2.62. The van der Waals surface area contributed by atoms with Crippen molar-refractivity contribution >= 4 is 49.9 Å². The lowest BCUT2D eigenvalue weighted by molar-refractivity contribution is -0.112. The zero-order valence-corrected chi connectivity index (χ0v) is 15.9. The summed E-state index contributed by atoms with van der Waals surface area (Å²) in [7, 11) is 1.52. The number of hydrogen-bond acceptors (Lipinski definition) is 5. The predicted octanol–water partition coefficient (Wildman–Crippen LogP) is 4.62. The molecule has 7 heteroatoms. The normalized spacial score (nSPS) is 11.3. The minimum absolute atomic E-state index is 0.262. The number of nitrogens with zero attached hydrogens (tertiary/aromatic N) is 2. The van der Waals surface area contributed by atoms with E-state index < -0.39 is 0 Å². The van der Waals surface area contributed by atoms with Crippen LogP contribution in [-0.4, -0.2) is 23.0 Å². The first-order valence-corrected chi connectivity index (χ1v) is 8.65. The van der Waals surface area contributed by atoms with Crippen molar-refractivity contribution in [2.45, 2.75) is 6.92 Å². The number of benzene rings is 2. The highest BCUT2D eigenvalue weighted by molar-refractivity contribution is 9.10. The van der Waals surface area contributed by atoms with Gasteiger partial charge in [0.15, 0.2) is 0 Å². The van der Waals surface area contributed by atoms with Crippen molar-refractivity contribution in [2.75, 3.05) is 17.7 Å². The van der Waals surface area contributed by atoms with Gasteiger partial charge in [-0.25, -0.2) is 9.97 Å². The number of fused-ring (bicyclic) bond motifs is 1. The summed E-state index contributed by atoms with van der Waals surface area (Å²) in [5.41, 5.74) is 2.32. The summed E-state index contributed by atoms with van der Waals surface area (Å²) in [6, 6.07) is 13.3. The molecular formula is C19H17BrN4O2. The number of rotatable bonds is 5. The Morgan fingerprint density at radius 2 is 2.00 bits per heavy atom. The Balaban J connectivity index is 1.91. The molecule has 0 saturated heterocycles. The molecule has 2 N–H and O–H groups in total. The van der Waals surface area contributed by atoms with Crippen LogP contribution in [0.5, 0.6) is 0 Å². The molecule has 0 radical (unpaired) electrons. The topological polar surface area (TPSA) is 76.1 Å². The molecule has 26 heavy (non-hydrogen) atoms. The molecule has 1 amide bonds. The summed E-state index contributed by atoms with van der Waals surface area (Å²) < 4.78 is 5.96. The van der Waals surface area contributed by atoms with E-state index in [1.165, 1.54) is 19.5 Å². The van der Waals surface area contributed by atoms with Crippen molar-refractivity contribution in [3.63, 3.8) is 0 Å². The Morgan fingerprint density at radius 1 is 1.15 bits per heavy atom. The third-order valence-corrected chi connectivity index (χ3v) is 4.14. The highest BCUT2D eigenvalue weighted by Gasteiger charge is 2.07. The van der Waals surface area contributed by atoms with Gasteiger partial charge in [-0.2, -0.15) is 0 Å². The molecule has 6 nitrogen and oxygen atoms in total. The van der Waals surface area contributed by atoms with Gasteiger partial charge in [0.2, 0.25) is 0 Å². The van der Waals surface area contributed by atoms with E-state index in [2.05, 4.69) is 36.5 Å². The fourth-order valence-corrected chi connectivity index (χ4v) is 2.76. The highest BCUT2D eigenvalue weighted by Crippen LogP contribution is 2.26. The number of halogens is 1. The molecule has 2 aromatic carbocycles.